The number of carbonyl (C=O) groups is 1. The fourth-order valence-electron chi connectivity index (χ4n) is 2.43. The van der Waals surface area contributed by atoms with Crippen LogP contribution in [0.1, 0.15) is 41.8 Å². The van der Waals surface area contributed by atoms with Crippen LogP contribution < -0.4 is 5.73 Å². The molecule has 0 spiro atoms. The monoisotopic (exact) mass is 281 g/mol. The third-order valence-corrected chi connectivity index (χ3v) is 3.51. The molecule has 0 bridgehead atoms. The zero-order valence-electron chi connectivity index (χ0n) is 12.8. The largest absolute Gasteiger partial charge is 0.399 e. The van der Waals surface area contributed by atoms with E-state index in [1.54, 1.807) is 0 Å². The molecule has 0 fully saturated rings. The molecule has 0 aromatic heterocycles. The predicted octanol–water partition coefficient (Wildman–Crippen LogP) is 4.28. The smallest absolute Gasteiger partial charge is 0.163 e. The van der Waals surface area contributed by atoms with Crippen molar-refractivity contribution in [2.24, 2.45) is 5.92 Å². The van der Waals surface area contributed by atoms with Gasteiger partial charge < -0.3 is 5.73 Å². The zero-order chi connectivity index (χ0) is 15.2. The molecule has 0 radical (unpaired) electrons. The summed E-state index contributed by atoms with van der Waals surface area (Å²) in [5.41, 5.74) is 9.63. The lowest BCUT2D eigenvalue weighted by Crippen LogP contribution is -2.03. The first-order valence-corrected chi connectivity index (χ1v) is 7.51. The second-order valence-corrected chi connectivity index (χ2v) is 5.96. The number of hydrogen-bond acceptors (Lipinski definition) is 2. The lowest BCUT2D eigenvalue weighted by Gasteiger charge is -2.07. The number of rotatable bonds is 6. The van der Waals surface area contributed by atoms with Gasteiger partial charge in [-0.15, -0.1) is 0 Å². The summed E-state index contributed by atoms with van der Waals surface area (Å²) in [6.07, 6.45) is 2.31. The first kappa shape index (κ1) is 15.3. The van der Waals surface area contributed by atoms with E-state index in [0.717, 1.165) is 29.7 Å². The average molecular weight is 281 g/mol. The van der Waals surface area contributed by atoms with E-state index in [1.807, 2.05) is 42.5 Å². The van der Waals surface area contributed by atoms with E-state index in [2.05, 4.69) is 19.9 Å². The van der Waals surface area contributed by atoms with E-state index >= 15 is 0 Å². The molecular weight excluding hydrogens is 258 g/mol. The SMILES string of the molecule is CC(C)Cc1cccc(C(=O)CCc2ccc(N)cc2)c1. The van der Waals surface area contributed by atoms with Gasteiger partial charge in [-0.2, -0.15) is 0 Å². The second kappa shape index (κ2) is 7.07. The fraction of sp³-hybridized carbons (Fsp3) is 0.316. The molecule has 2 heteroatoms. The van der Waals surface area contributed by atoms with E-state index in [4.69, 9.17) is 5.73 Å². The van der Waals surface area contributed by atoms with Gasteiger partial charge in [0.05, 0.1) is 0 Å². The highest BCUT2D eigenvalue weighted by molar-refractivity contribution is 5.96. The van der Waals surface area contributed by atoms with Crippen LogP contribution in [0, 0.1) is 5.92 Å². The first-order chi connectivity index (χ1) is 10.0. The lowest BCUT2D eigenvalue weighted by molar-refractivity contribution is 0.0982. The summed E-state index contributed by atoms with van der Waals surface area (Å²) in [6, 6.07) is 15.7. The van der Waals surface area contributed by atoms with Crippen molar-refractivity contribution in [1.82, 2.24) is 0 Å². The molecule has 0 unspecified atom stereocenters. The van der Waals surface area contributed by atoms with Crippen LogP contribution in [0.3, 0.4) is 0 Å². The van der Waals surface area contributed by atoms with Gasteiger partial charge >= 0.3 is 0 Å². The van der Waals surface area contributed by atoms with Crippen molar-refractivity contribution < 1.29 is 4.79 Å². The lowest BCUT2D eigenvalue weighted by atomic mass is 9.97. The van der Waals surface area contributed by atoms with Gasteiger partial charge in [0.2, 0.25) is 0 Å². The van der Waals surface area contributed by atoms with Crippen LogP contribution in [0.5, 0.6) is 0 Å². The molecule has 110 valence electrons. The summed E-state index contributed by atoms with van der Waals surface area (Å²) in [5.74, 6) is 0.808. The molecule has 2 rings (SSSR count). The van der Waals surface area contributed by atoms with Crippen molar-refractivity contribution in [3.63, 3.8) is 0 Å². The van der Waals surface area contributed by atoms with Crippen LogP contribution in [0.2, 0.25) is 0 Å². The predicted molar refractivity (Wildman–Crippen MR) is 88.5 cm³/mol. The molecule has 2 aromatic rings. The summed E-state index contributed by atoms with van der Waals surface area (Å²) in [4.78, 5) is 12.3. The van der Waals surface area contributed by atoms with Crippen LogP contribution in [-0.2, 0) is 12.8 Å². The van der Waals surface area contributed by atoms with Gasteiger partial charge in [0.15, 0.2) is 5.78 Å². The van der Waals surface area contributed by atoms with Gasteiger partial charge in [0, 0.05) is 17.7 Å². The number of hydrogen-bond donors (Lipinski definition) is 1. The quantitative estimate of drug-likeness (QED) is 0.634. The molecule has 2 aromatic carbocycles. The van der Waals surface area contributed by atoms with Gasteiger partial charge in [-0.3, -0.25) is 4.79 Å². The summed E-state index contributed by atoms with van der Waals surface area (Å²) in [7, 11) is 0. The number of nitrogens with two attached hydrogens (primary N) is 1. The van der Waals surface area contributed by atoms with Gasteiger partial charge in [-0.05, 0) is 48.1 Å². The molecule has 2 nitrogen and oxygen atoms in total. The number of nitrogen functional groups attached to an aromatic ring is 1. The maximum atomic E-state index is 12.3. The van der Waals surface area contributed by atoms with E-state index in [0.29, 0.717) is 12.3 Å². The maximum absolute atomic E-state index is 12.3. The van der Waals surface area contributed by atoms with Crippen LogP contribution in [0.15, 0.2) is 48.5 Å². The molecular formula is C19H23NO. The Morgan fingerprint density at radius 2 is 1.76 bits per heavy atom. The minimum atomic E-state index is 0.206. The molecule has 0 saturated heterocycles. The van der Waals surface area contributed by atoms with Crippen molar-refractivity contribution >= 4 is 11.5 Å². The van der Waals surface area contributed by atoms with E-state index in [1.165, 1.54) is 5.56 Å². The Kier molecular flexibility index (Phi) is 5.15. The van der Waals surface area contributed by atoms with Crippen molar-refractivity contribution in [1.29, 1.82) is 0 Å². The molecule has 0 aliphatic heterocycles. The normalized spacial score (nSPS) is 10.8. The Morgan fingerprint density at radius 3 is 2.43 bits per heavy atom. The molecule has 0 saturated carbocycles. The first-order valence-electron chi connectivity index (χ1n) is 7.51. The molecule has 0 aliphatic carbocycles. The van der Waals surface area contributed by atoms with Crippen molar-refractivity contribution in [2.45, 2.75) is 33.1 Å². The minimum Gasteiger partial charge on any atom is -0.399 e. The Bertz CT molecular complexity index is 599. The van der Waals surface area contributed by atoms with Gasteiger partial charge in [0.25, 0.3) is 0 Å². The number of ketones is 1. The Morgan fingerprint density at radius 1 is 1.05 bits per heavy atom. The average Bonchev–Trinajstić information content (AvgIpc) is 2.46. The van der Waals surface area contributed by atoms with Crippen LogP contribution in [0.25, 0.3) is 0 Å². The summed E-state index contributed by atoms with van der Waals surface area (Å²) < 4.78 is 0. The number of benzene rings is 2. The summed E-state index contributed by atoms with van der Waals surface area (Å²) in [5, 5.41) is 0. The Labute approximate surface area is 127 Å². The Balaban J connectivity index is 1.98. The minimum absolute atomic E-state index is 0.206. The van der Waals surface area contributed by atoms with Crippen LogP contribution in [0.4, 0.5) is 5.69 Å². The van der Waals surface area contributed by atoms with Crippen molar-refractivity contribution in [3.05, 3.63) is 65.2 Å². The standard InChI is InChI=1S/C19H23NO/c1-14(2)12-16-4-3-5-17(13-16)19(21)11-8-15-6-9-18(20)10-7-15/h3-7,9-10,13-14H,8,11-12,20H2,1-2H3. The Hall–Kier alpha value is -2.09. The topological polar surface area (TPSA) is 43.1 Å². The molecule has 0 atom stereocenters. The van der Waals surface area contributed by atoms with Crippen LogP contribution >= 0.6 is 0 Å². The third-order valence-electron chi connectivity index (χ3n) is 3.51. The molecule has 2 N–H and O–H groups in total. The van der Waals surface area contributed by atoms with Crippen LogP contribution in [-0.4, -0.2) is 5.78 Å². The third kappa shape index (κ3) is 4.75. The maximum Gasteiger partial charge on any atom is 0.163 e. The van der Waals surface area contributed by atoms with Crippen molar-refractivity contribution in [2.75, 3.05) is 5.73 Å². The van der Waals surface area contributed by atoms with Gasteiger partial charge in [-0.1, -0.05) is 44.2 Å². The second-order valence-electron chi connectivity index (χ2n) is 5.96. The molecule has 0 heterocycles. The summed E-state index contributed by atoms with van der Waals surface area (Å²) >= 11 is 0. The van der Waals surface area contributed by atoms with E-state index in [9.17, 15) is 4.79 Å². The van der Waals surface area contributed by atoms with Gasteiger partial charge in [0.1, 0.15) is 0 Å². The number of aryl methyl sites for hydroxylation is 1. The molecule has 21 heavy (non-hydrogen) atoms. The zero-order valence-corrected chi connectivity index (χ0v) is 12.8. The molecule has 0 amide bonds. The molecule has 0 aliphatic rings. The fourth-order valence-corrected chi connectivity index (χ4v) is 2.43. The highest BCUT2D eigenvalue weighted by Crippen LogP contribution is 2.14. The highest BCUT2D eigenvalue weighted by atomic mass is 16.1. The number of anilines is 1. The summed E-state index contributed by atoms with van der Waals surface area (Å²) in [6.45, 7) is 4.38. The highest BCUT2D eigenvalue weighted by Gasteiger charge is 2.07. The van der Waals surface area contributed by atoms with E-state index < -0.39 is 0 Å². The van der Waals surface area contributed by atoms with Crippen molar-refractivity contribution in [3.8, 4) is 0 Å². The van der Waals surface area contributed by atoms with Gasteiger partial charge in [-0.25, -0.2) is 0 Å². The number of Topliss-reactive ketones (excluding diaryl/α,β-unsaturated/α-hetero) is 1. The van der Waals surface area contributed by atoms with E-state index in [-0.39, 0.29) is 5.78 Å². The number of carbonyl (C=O) groups excluding carboxylic acids is 1.